The molecule has 4 heteroatoms. The Kier molecular flexibility index (Phi) is 4.43. The van der Waals surface area contributed by atoms with Crippen molar-refractivity contribution in [1.82, 2.24) is 5.32 Å². The smallest absolute Gasteiger partial charge is 0.139 e. The number of fused-ring (bicyclic) bond motifs is 2. The molecule has 2 nitrogen and oxygen atoms in total. The average Bonchev–Trinajstić information content (AvgIpc) is 2.50. The van der Waals surface area contributed by atoms with Gasteiger partial charge in [0.1, 0.15) is 5.75 Å². The minimum absolute atomic E-state index is 0.212. The highest BCUT2D eigenvalue weighted by molar-refractivity contribution is 7.99. The Bertz CT molecular complexity index is 659. The van der Waals surface area contributed by atoms with Crippen molar-refractivity contribution in [2.24, 2.45) is 0 Å². The Morgan fingerprint density at radius 1 is 1.19 bits per heavy atom. The molecular formula is C17H18ClNOS. The zero-order valence-corrected chi connectivity index (χ0v) is 13.5. The molecule has 0 spiro atoms. The molecule has 110 valence electrons. The Balaban J connectivity index is 2.06. The molecule has 1 atom stereocenters. The number of halogens is 1. The van der Waals surface area contributed by atoms with Gasteiger partial charge in [0.2, 0.25) is 0 Å². The van der Waals surface area contributed by atoms with Crippen molar-refractivity contribution in [3.63, 3.8) is 0 Å². The van der Waals surface area contributed by atoms with Crippen LogP contribution in [0.4, 0.5) is 0 Å². The molecule has 2 aromatic carbocycles. The SMILES string of the molecule is CNCCCC1c2ccccc2Sc2ccc(Cl)c(O)c21. The third-order valence-electron chi connectivity index (χ3n) is 3.91. The van der Waals surface area contributed by atoms with E-state index in [9.17, 15) is 5.11 Å². The highest BCUT2D eigenvalue weighted by Gasteiger charge is 2.29. The molecule has 0 amide bonds. The van der Waals surface area contributed by atoms with Gasteiger partial charge in [0.15, 0.2) is 0 Å². The summed E-state index contributed by atoms with van der Waals surface area (Å²) in [4.78, 5) is 2.39. The lowest BCUT2D eigenvalue weighted by molar-refractivity contribution is 0.457. The van der Waals surface area contributed by atoms with E-state index in [1.54, 1.807) is 17.8 Å². The first-order valence-electron chi connectivity index (χ1n) is 7.15. The minimum Gasteiger partial charge on any atom is -0.506 e. The van der Waals surface area contributed by atoms with Gasteiger partial charge in [-0.25, -0.2) is 0 Å². The molecule has 2 N–H and O–H groups in total. The molecule has 0 aromatic heterocycles. The van der Waals surface area contributed by atoms with Crippen molar-refractivity contribution in [1.29, 1.82) is 0 Å². The van der Waals surface area contributed by atoms with Crippen LogP contribution in [0.3, 0.4) is 0 Å². The van der Waals surface area contributed by atoms with Gasteiger partial charge in [0, 0.05) is 21.3 Å². The maximum absolute atomic E-state index is 10.4. The van der Waals surface area contributed by atoms with Crippen LogP contribution in [-0.4, -0.2) is 18.7 Å². The summed E-state index contributed by atoms with van der Waals surface area (Å²) in [7, 11) is 1.97. The number of phenolic OH excluding ortho intramolecular Hbond substituents is 1. The predicted octanol–water partition coefficient (Wildman–Crippen LogP) is 4.64. The summed E-state index contributed by atoms with van der Waals surface area (Å²) in [5.74, 6) is 0.454. The zero-order chi connectivity index (χ0) is 14.8. The number of rotatable bonds is 4. The summed E-state index contributed by atoms with van der Waals surface area (Å²) >= 11 is 7.84. The van der Waals surface area contributed by atoms with E-state index in [1.807, 2.05) is 13.1 Å². The van der Waals surface area contributed by atoms with Gasteiger partial charge in [-0.1, -0.05) is 41.6 Å². The van der Waals surface area contributed by atoms with Crippen LogP contribution in [0, 0.1) is 0 Å². The highest BCUT2D eigenvalue weighted by atomic mass is 35.5. The van der Waals surface area contributed by atoms with Crippen LogP contribution in [0.15, 0.2) is 46.2 Å². The maximum Gasteiger partial charge on any atom is 0.139 e. The van der Waals surface area contributed by atoms with Crippen LogP contribution in [0.5, 0.6) is 5.75 Å². The summed E-state index contributed by atoms with van der Waals surface area (Å²) in [5.41, 5.74) is 2.28. The topological polar surface area (TPSA) is 32.3 Å². The van der Waals surface area contributed by atoms with Crippen LogP contribution in [-0.2, 0) is 0 Å². The molecule has 21 heavy (non-hydrogen) atoms. The van der Waals surface area contributed by atoms with E-state index < -0.39 is 0 Å². The molecule has 3 rings (SSSR count). The quantitative estimate of drug-likeness (QED) is 0.805. The van der Waals surface area contributed by atoms with E-state index in [1.165, 1.54) is 10.5 Å². The predicted molar refractivity (Wildman–Crippen MR) is 88.7 cm³/mol. The Morgan fingerprint density at radius 3 is 2.81 bits per heavy atom. The van der Waals surface area contributed by atoms with Gasteiger partial charge in [-0.15, -0.1) is 0 Å². The summed E-state index contributed by atoms with van der Waals surface area (Å²) in [6.07, 6.45) is 2.06. The van der Waals surface area contributed by atoms with Gasteiger partial charge in [-0.2, -0.15) is 0 Å². The number of benzene rings is 2. The average molecular weight is 320 g/mol. The van der Waals surface area contributed by atoms with Gasteiger partial charge >= 0.3 is 0 Å². The number of phenols is 1. The van der Waals surface area contributed by atoms with Crippen LogP contribution < -0.4 is 5.32 Å². The fraction of sp³-hybridized carbons (Fsp3) is 0.294. The molecule has 1 heterocycles. The van der Waals surface area contributed by atoms with E-state index in [2.05, 4.69) is 29.6 Å². The molecule has 0 bridgehead atoms. The number of aromatic hydroxyl groups is 1. The van der Waals surface area contributed by atoms with Gasteiger partial charge in [-0.05, 0) is 50.2 Å². The van der Waals surface area contributed by atoms with Crippen molar-refractivity contribution in [3.05, 3.63) is 52.5 Å². The molecule has 1 aliphatic heterocycles. The fourth-order valence-electron chi connectivity index (χ4n) is 2.91. The summed E-state index contributed by atoms with van der Waals surface area (Å²) in [6.45, 7) is 0.975. The van der Waals surface area contributed by atoms with Gasteiger partial charge in [0.05, 0.1) is 5.02 Å². The van der Waals surface area contributed by atoms with Crippen LogP contribution in [0.25, 0.3) is 0 Å². The first kappa shape index (κ1) is 14.8. The summed E-state index contributed by atoms with van der Waals surface area (Å²) < 4.78 is 0. The Hall–Kier alpha value is -1.16. The lowest BCUT2D eigenvalue weighted by Crippen LogP contribution is -2.13. The van der Waals surface area contributed by atoms with Gasteiger partial charge in [0.25, 0.3) is 0 Å². The zero-order valence-electron chi connectivity index (χ0n) is 11.9. The van der Waals surface area contributed by atoms with Crippen LogP contribution in [0.2, 0.25) is 5.02 Å². The van der Waals surface area contributed by atoms with Gasteiger partial charge in [-0.3, -0.25) is 0 Å². The molecule has 1 unspecified atom stereocenters. The van der Waals surface area contributed by atoms with E-state index in [-0.39, 0.29) is 11.7 Å². The minimum atomic E-state index is 0.212. The molecule has 0 aliphatic carbocycles. The summed E-state index contributed by atoms with van der Waals surface area (Å²) in [6, 6.07) is 12.2. The summed E-state index contributed by atoms with van der Waals surface area (Å²) in [5, 5.41) is 14.1. The molecule has 2 aromatic rings. The monoisotopic (exact) mass is 319 g/mol. The first-order chi connectivity index (χ1) is 10.2. The molecule has 0 saturated heterocycles. The first-order valence-corrected chi connectivity index (χ1v) is 8.34. The van der Waals surface area contributed by atoms with Crippen molar-refractivity contribution >= 4 is 23.4 Å². The molecular weight excluding hydrogens is 302 g/mol. The molecule has 0 fully saturated rings. The Morgan fingerprint density at radius 2 is 2.00 bits per heavy atom. The van der Waals surface area contributed by atoms with E-state index in [0.29, 0.717) is 5.02 Å². The van der Waals surface area contributed by atoms with E-state index in [4.69, 9.17) is 11.6 Å². The molecule has 0 radical (unpaired) electrons. The van der Waals surface area contributed by atoms with E-state index in [0.717, 1.165) is 29.8 Å². The second-order valence-corrected chi connectivity index (χ2v) is 6.74. The largest absolute Gasteiger partial charge is 0.506 e. The van der Waals surface area contributed by atoms with E-state index >= 15 is 0 Å². The normalized spacial score (nSPS) is 16.4. The lowest BCUT2D eigenvalue weighted by atomic mass is 9.86. The van der Waals surface area contributed by atoms with Gasteiger partial charge < -0.3 is 10.4 Å². The van der Waals surface area contributed by atoms with Crippen molar-refractivity contribution in [2.45, 2.75) is 28.6 Å². The second-order valence-electron chi connectivity index (χ2n) is 5.25. The molecule has 0 saturated carbocycles. The third-order valence-corrected chi connectivity index (χ3v) is 5.38. The second kappa shape index (κ2) is 6.30. The highest BCUT2D eigenvalue weighted by Crippen LogP contribution is 2.51. The third kappa shape index (κ3) is 2.78. The number of hydrogen-bond acceptors (Lipinski definition) is 3. The van der Waals surface area contributed by atoms with Crippen LogP contribution >= 0.6 is 23.4 Å². The number of hydrogen-bond donors (Lipinski definition) is 2. The van der Waals surface area contributed by atoms with Crippen molar-refractivity contribution in [3.8, 4) is 5.75 Å². The maximum atomic E-state index is 10.4. The van der Waals surface area contributed by atoms with Crippen molar-refractivity contribution in [2.75, 3.05) is 13.6 Å². The standard InChI is InChI=1S/C17H18ClNOS/c1-19-10-4-6-12-11-5-2-3-7-14(11)21-15-9-8-13(18)17(20)16(12)15/h2-3,5,7-9,12,19-20H,4,6,10H2,1H3. The van der Waals surface area contributed by atoms with Crippen LogP contribution in [0.1, 0.15) is 29.9 Å². The van der Waals surface area contributed by atoms with Crippen molar-refractivity contribution < 1.29 is 5.11 Å². The Labute approximate surface area is 134 Å². The molecule has 1 aliphatic rings. The lowest BCUT2D eigenvalue weighted by Gasteiger charge is -2.29. The fourth-order valence-corrected chi connectivity index (χ4v) is 4.27. The number of nitrogens with one attached hydrogen (secondary N) is 1.